The molecule has 1 rings (SSSR count). The van der Waals surface area contributed by atoms with Crippen LogP contribution in [0.5, 0.6) is 0 Å². The van der Waals surface area contributed by atoms with Crippen molar-refractivity contribution in [3.05, 3.63) is 24.3 Å². The van der Waals surface area contributed by atoms with Crippen molar-refractivity contribution in [2.45, 2.75) is 11.3 Å². The number of hydrogen-bond acceptors (Lipinski definition) is 4. The van der Waals surface area contributed by atoms with Crippen LogP contribution in [0.4, 0.5) is 5.69 Å². The summed E-state index contributed by atoms with van der Waals surface area (Å²) in [5, 5.41) is 10.7. The molecule has 0 fully saturated rings. The van der Waals surface area contributed by atoms with Crippen LogP contribution in [-0.2, 0) is 14.6 Å². The van der Waals surface area contributed by atoms with Crippen molar-refractivity contribution in [2.75, 3.05) is 11.6 Å². The highest BCUT2D eigenvalue weighted by Crippen LogP contribution is 2.13. The number of nitriles is 1. The number of nitrogens with zero attached hydrogens (tertiary/aromatic N) is 1. The molecule has 0 heterocycles. The molecule has 0 aromatic heterocycles. The molecule has 0 aliphatic carbocycles. The third-order valence-electron chi connectivity index (χ3n) is 1.81. The van der Waals surface area contributed by atoms with E-state index >= 15 is 0 Å². The molecule has 5 nitrogen and oxygen atoms in total. The first kappa shape index (κ1) is 12.2. The van der Waals surface area contributed by atoms with E-state index in [0.717, 1.165) is 6.26 Å². The van der Waals surface area contributed by atoms with Crippen molar-refractivity contribution >= 4 is 21.4 Å². The number of hydrogen-bond donors (Lipinski definition) is 1. The number of amides is 1. The second-order valence-electron chi connectivity index (χ2n) is 3.18. The van der Waals surface area contributed by atoms with Crippen molar-refractivity contribution in [3.63, 3.8) is 0 Å². The molecule has 0 saturated carbocycles. The van der Waals surface area contributed by atoms with E-state index in [1.807, 2.05) is 0 Å². The lowest BCUT2D eigenvalue weighted by Gasteiger charge is -2.03. The topological polar surface area (TPSA) is 87.0 Å². The largest absolute Gasteiger partial charge is 0.325 e. The van der Waals surface area contributed by atoms with Crippen LogP contribution in [0.25, 0.3) is 0 Å². The Morgan fingerprint density at radius 2 is 1.94 bits per heavy atom. The fourth-order valence-electron chi connectivity index (χ4n) is 1.06. The summed E-state index contributed by atoms with van der Waals surface area (Å²) in [6.45, 7) is 0. The molecule has 0 spiro atoms. The smallest absolute Gasteiger partial charge is 0.238 e. The lowest BCUT2D eigenvalue weighted by atomic mass is 10.3. The van der Waals surface area contributed by atoms with Gasteiger partial charge in [0.15, 0.2) is 9.84 Å². The number of carbonyl (C=O) groups excluding carboxylic acids is 1. The third kappa shape index (κ3) is 3.37. The molecule has 1 aromatic carbocycles. The Labute approximate surface area is 93.6 Å². The quantitative estimate of drug-likeness (QED) is 0.849. The normalized spacial score (nSPS) is 10.5. The molecular formula is C10H10N2O3S. The van der Waals surface area contributed by atoms with Crippen LogP contribution >= 0.6 is 0 Å². The zero-order valence-corrected chi connectivity index (χ0v) is 9.41. The van der Waals surface area contributed by atoms with Gasteiger partial charge in [-0.1, -0.05) is 0 Å². The molecular weight excluding hydrogens is 228 g/mol. The van der Waals surface area contributed by atoms with Gasteiger partial charge in [0.2, 0.25) is 5.91 Å². The monoisotopic (exact) mass is 238 g/mol. The van der Waals surface area contributed by atoms with Gasteiger partial charge in [-0.15, -0.1) is 0 Å². The summed E-state index contributed by atoms with van der Waals surface area (Å²) in [6.07, 6.45) is 0.879. The molecule has 0 atom stereocenters. The molecule has 1 amide bonds. The molecule has 84 valence electrons. The molecule has 0 unspecified atom stereocenters. The Bertz CT molecular complexity index is 526. The fraction of sp³-hybridized carbons (Fsp3) is 0.200. The Hall–Kier alpha value is -1.87. The van der Waals surface area contributed by atoms with E-state index in [1.54, 1.807) is 6.07 Å². The van der Waals surface area contributed by atoms with Gasteiger partial charge < -0.3 is 5.32 Å². The molecule has 0 radical (unpaired) electrons. The highest BCUT2D eigenvalue weighted by atomic mass is 32.2. The van der Waals surface area contributed by atoms with E-state index in [9.17, 15) is 13.2 Å². The van der Waals surface area contributed by atoms with Gasteiger partial charge in [0.1, 0.15) is 6.42 Å². The standard InChI is InChI=1S/C10H10N2O3S/c1-16(14,15)9-4-2-8(3-5-9)12-10(13)6-7-11/h2-5H,6H2,1H3,(H,12,13). The first-order chi connectivity index (χ1) is 7.43. The number of carbonyl (C=O) groups is 1. The molecule has 0 bridgehead atoms. The number of sulfone groups is 1. The maximum Gasteiger partial charge on any atom is 0.238 e. The number of nitrogens with one attached hydrogen (secondary N) is 1. The van der Waals surface area contributed by atoms with Gasteiger partial charge in [0.05, 0.1) is 11.0 Å². The summed E-state index contributed by atoms with van der Waals surface area (Å²) in [7, 11) is -3.22. The van der Waals surface area contributed by atoms with E-state index < -0.39 is 15.7 Å². The third-order valence-corrected chi connectivity index (χ3v) is 2.93. The molecule has 16 heavy (non-hydrogen) atoms. The van der Waals surface area contributed by atoms with Crippen LogP contribution in [0.3, 0.4) is 0 Å². The molecule has 0 aliphatic rings. The van der Waals surface area contributed by atoms with Crippen LogP contribution in [0, 0.1) is 11.3 Å². The number of benzene rings is 1. The van der Waals surface area contributed by atoms with Gasteiger partial charge in [-0.05, 0) is 24.3 Å². The van der Waals surface area contributed by atoms with E-state index in [-0.39, 0.29) is 11.3 Å². The lowest BCUT2D eigenvalue weighted by Crippen LogP contribution is -2.10. The summed E-state index contributed by atoms with van der Waals surface area (Å²) in [5.74, 6) is -0.422. The fourth-order valence-corrected chi connectivity index (χ4v) is 1.69. The Morgan fingerprint density at radius 3 is 2.38 bits per heavy atom. The minimum Gasteiger partial charge on any atom is -0.325 e. The summed E-state index contributed by atoms with van der Waals surface area (Å²) in [6, 6.07) is 7.47. The predicted octanol–water partition coefficient (Wildman–Crippen LogP) is 0.942. The molecule has 0 saturated heterocycles. The van der Waals surface area contributed by atoms with Gasteiger partial charge in [-0.2, -0.15) is 5.26 Å². The van der Waals surface area contributed by atoms with Crippen LogP contribution in [-0.4, -0.2) is 20.6 Å². The highest BCUT2D eigenvalue weighted by molar-refractivity contribution is 7.90. The van der Waals surface area contributed by atoms with Crippen LogP contribution in [0.2, 0.25) is 0 Å². The maximum atomic E-state index is 11.1. The van der Waals surface area contributed by atoms with E-state index in [4.69, 9.17) is 5.26 Å². The minimum absolute atomic E-state index is 0.186. The van der Waals surface area contributed by atoms with Gasteiger partial charge in [-0.25, -0.2) is 8.42 Å². The van der Waals surface area contributed by atoms with Crippen LogP contribution in [0.15, 0.2) is 29.2 Å². The Balaban J connectivity index is 2.81. The van der Waals surface area contributed by atoms with Crippen molar-refractivity contribution in [1.82, 2.24) is 0 Å². The molecule has 0 aliphatic heterocycles. The van der Waals surface area contributed by atoms with E-state index in [2.05, 4.69) is 5.32 Å². The van der Waals surface area contributed by atoms with Gasteiger partial charge in [-0.3, -0.25) is 4.79 Å². The minimum atomic E-state index is -3.22. The zero-order chi connectivity index (χ0) is 12.2. The number of rotatable bonds is 3. The molecule has 6 heteroatoms. The first-order valence-electron chi connectivity index (χ1n) is 4.40. The van der Waals surface area contributed by atoms with Crippen LogP contribution < -0.4 is 5.32 Å². The summed E-state index contributed by atoms with van der Waals surface area (Å²) in [4.78, 5) is 11.2. The lowest BCUT2D eigenvalue weighted by molar-refractivity contribution is -0.115. The SMILES string of the molecule is CS(=O)(=O)c1ccc(NC(=O)CC#N)cc1. The van der Waals surface area contributed by atoms with Crippen molar-refractivity contribution in [1.29, 1.82) is 5.26 Å². The van der Waals surface area contributed by atoms with Gasteiger partial charge in [0, 0.05) is 11.9 Å². The van der Waals surface area contributed by atoms with Crippen molar-refractivity contribution in [2.24, 2.45) is 0 Å². The van der Waals surface area contributed by atoms with Crippen molar-refractivity contribution in [3.8, 4) is 6.07 Å². The summed E-state index contributed by atoms with van der Waals surface area (Å²) in [5.41, 5.74) is 0.465. The maximum absolute atomic E-state index is 11.1. The highest BCUT2D eigenvalue weighted by Gasteiger charge is 2.07. The van der Waals surface area contributed by atoms with Gasteiger partial charge in [0.25, 0.3) is 0 Å². The Morgan fingerprint density at radius 1 is 1.38 bits per heavy atom. The predicted molar refractivity (Wildman–Crippen MR) is 58.4 cm³/mol. The second-order valence-corrected chi connectivity index (χ2v) is 5.20. The Kier molecular flexibility index (Phi) is 3.64. The van der Waals surface area contributed by atoms with Crippen molar-refractivity contribution < 1.29 is 13.2 Å². The molecule has 1 N–H and O–H groups in total. The summed E-state index contributed by atoms with van der Waals surface area (Å²) < 4.78 is 22.3. The number of anilines is 1. The first-order valence-corrected chi connectivity index (χ1v) is 6.29. The van der Waals surface area contributed by atoms with Crippen LogP contribution in [0.1, 0.15) is 6.42 Å². The molecule has 1 aromatic rings. The average Bonchev–Trinajstić information content (AvgIpc) is 2.17. The van der Waals surface area contributed by atoms with E-state index in [1.165, 1.54) is 24.3 Å². The average molecular weight is 238 g/mol. The summed E-state index contributed by atoms with van der Waals surface area (Å²) >= 11 is 0. The second kappa shape index (κ2) is 4.77. The zero-order valence-electron chi connectivity index (χ0n) is 8.60. The van der Waals surface area contributed by atoms with E-state index in [0.29, 0.717) is 5.69 Å². The van der Waals surface area contributed by atoms with Gasteiger partial charge >= 0.3 is 0 Å².